The molecule has 8 heteroatoms. The summed E-state index contributed by atoms with van der Waals surface area (Å²) < 4.78 is 38.7. The van der Waals surface area contributed by atoms with Crippen LogP contribution in [0.25, 0.3) is 3.58 Å². The third-order valence-electron chi connectivity index (χ3n) is 5.80. The number of rotatable bonds is 10. The van der Waals surface area contributed by atoms with Gasteiger partial charge in [-0.15, -0.1) is 0 Å². The van der Waals surface area contributed by atoms with Crippen LogP contribution in [-0.4, -0.2) is 24.6 Å². The largest absolute Gasteiger partial charge is 0.488 e. The van der Waals surface area contributed by atoms with Crippen molar-refractivity contribution in [3.05, 3.63) is 137 Å². The molecule has 4 rings (SSSR count). The second-order valence-electron chi connectivity index (χ2n) is 8.58. The molecule has 40 heavy (non-hydrogen) atoms. The zero-order valence-corrected chi connectivity index (χ0v) is 23.6. The number of aliphatic imine (C=N–C) groups is 1. The van der Waals surface area contributed by atoms with Gasteiger partial charge in [0.2, 0.25) is 0 Å². The first-order valence-corrected chi connectivity index (χ1v) is 13.3. The molecule has 0 fully saturated rings. The Labute approximate surface area is 244 Å². The number of para-hydroxylation sites is 2. The highest BCUT2D eigenvalue weighted by atomic mass is 127. The molecule has 4 aromatic carbocycles. The first-order valence-electron chi connectivity index (χ1n) is 12.2. The Bertz CT molecular complexity index is 1560. The van der Waals surface area contributed by atoms with Crippen molar-refractivity contribution in [2.75, 3.05) is 7.11 Å². The van der Waals surface area contributed by atoms with E-state index in [1.165, 1.54) is 19.2 Å². The number of hydrogen-bond acceptors (Lipinski definition) is 5. The Morgan fingerprint density at radius 3 is 2.17 bits per heavy atom. The van der Waals surface area contributed by atoms with E-state index in [-0.39, 0.29) is 24.5 Å². The van der Waals surface area contributed by atoms with Crippen LogP contribution in [0.4, 0.5) is 14.5 Å². The minimum Gasteiger partial charge on any atom is -0.488 e. The molecule has 0 amide bonds. The lowest BCUT2D eigenvalue weighted by Crippen LogP contribution is -2.15. The standard InChI is InChI=1S/C32H24F2INO4/c1-39-32(38)29(36-28-13-7-5-12-26(28)31(37)22-9-3-2-4-10-22)16-15-27(35)25-11-6-8-14-30(25)40-20-21-17-23(33)19-24(34)18-21/h2-15,17-19H,16,20H2,1H3/b27-15-,36-29?. The Balaban J connectivity index is 1.59. The smallest absolute Gasteiger partial charge is 0.352 e. The minimum absolute atomic E-state index is 0.0310. The van der Waals surface area contributed by atoms with Crippen molar-refractivity contribution in [2.45, 2.75) is 13.0 Å². The fourth-order valence-corrected chi connectivity index (χ4v) is 4.55. The monoisotopic (exact) mass is 651 g/mol. The Hall–Kier alpha value is -4.18. The summed E-state index contributed by atoms with van der Waals surface area (Å²) in [5, 5.41) is 0. The van der Waals surface area contributed by atoms with E-state index >= 15 is 0 Å². The lowest BCUT2D eigenvalue weighted by atomic mass is 10.0. The van der Waals surface area contributed by atoms with E-state index in [1.807, 2.05) is 18.2 Å². The van der Waals surface area contributed by atoms with Crippen LogP contribution in [0.5, 0.6) is 5.75 Å². The molecule has 0 N–H and O–H groups in total. The molecule has 0 atom stereocenters. The van der Waals surface area contributed by atoms with E-state index in [1.54, 1.807) is 66.7 Å². The maximum atomic E-state index is 13.6. The number of carbonyl (C=O) groups excluding carboxylic acids is 2. The maximum Gasteiger partial charge on any atom is 0.352 e. The lowest BCUT2D eigenvalue weighted by molar-refractivity contribution is -0.132. The quantitative estimate of drug-likeness (QED) is 0.0758. The highest BCUT2D eigenvalue weighted by Crippen LogP contribution is 2.32. The van der Waals surface area contributed by atoms with Crippen LogP contribution in [0.15, 0.2) is 108 Å². The zero-order valence-electron chi connectivity index (χ0n) is 21.4. The predicted molar refractivity (Wildman–Crippen MR) is 159 cm³/mol. The van der Waals surface area contributed by atoms with Crippen molar-refractivity contribution in [1.82, 2.24) is 0 Å². The van der Waals surface area contributed by atoms with E-state index in [9.17, 15) is 18.4 Å². The van der Waals surface area contributed by atoms with E-state index in [0.29, 0.717) is 28.1 Å². The van der Waals surface area contributed by atoms with Crippen molar-refractivity contribution < 1.29 is 27.8 Å². The van der Waals surface area contributed by atoms with Gasteiger partial charge >= 0.3 is 5.97 Å². The van der Waals surface area contributed by atoms with Crippen LogP contribution in [0.1, 0.15) is 33.5 Å². The average molecular weight is 651 g/mol. The van der Waals surface area contributed by atoms with Gasteiger partial charge in [0, 0.05) is 32.8 Å². The van der Waals surface area contributed by atoms with Gasteiger partial charge in [0.25, 0.3) is 0 Å². The molecule has 5 nitrogen and oxygen atoms in total. The van der Waals surface area contributed by atoms with Crippen molar-refractivity contribution in [1.29, 1.82) is 0 Å². The fourth-order valence-electron chi connectivity index (χ4n) is 3.89. The summed E-state index contributed by atoms with van der Waals surface area (Å²) in [6, 6.07) is 26.1. The van der Waals surface area contributed by atoms with Crippen LogP contribution < -0.4 is 4.74 Å². The van der Waals surface area contributed by atoms with Crippen molar-refractivity contribution in [2.24, 2.45) is 4.99 Å². The van der Waals surface area contributed by atoms with Gasteiger partial charge in [-0.3, -0.25) is 4.79 Å². The minimum atomic E-state index is -0.678. The van der Waals surface area contributed by atoms with Crippen LogP contribution in [-0.2, 0) is 16.1 Å². The van der Waals surface area contributed by atoms with E-state index in [0.717, 1.165) is 15.2 Å². The number of allylic oxidation sites excluding steroid dienone is 1. The van der Waals surface area contributed by atoms with Gasteiger partial charge in [0.05, 0.1) is 12.8 Å². The predicted octanol–water partition coefficient (Wildman–Crippen LogP) is 7.89. The molecular weight excluding hydrogens is 627 g/mol. The van der Waals surface area contributed by atoms with Crippen molar-refractivity contribution >= 4 is 49.3 Å². The number of ketones is 1. The van der Waals surface area contributed by atoms with Crippen LogP contribution in [0.3, 0.4) is 0 Å². The van der Waals surface area contributed by atoms with Gasteiger partial charge in [-0.25, -0.2) is 18.6 Å². The number of esters is 1. The molecule has 0 spiro atoms. The third kappa shape index (κ3) is 7.47. The van der Waals surface area contributed by atoms with Crippen LogP contribution in [0, 0.1) is 11.6 Å². The highest BCUT2D eigenvalue weighted by molar-refractivity contribution is 14.1. The van der Waals surface area contributed by atoms with Gasteiger partial charge in [-0.1, -0.05) is 66.7 Å². The van der Waals surface area contributed by atoms with Gasteiger partial charge in [0.1, 0.15) is 29.7 Å². The molecule has 4 aromatic rings. The molecule has 0 aliphatic rings. The second kappa shape index (κ2) is 13.7. The third-order valence-corrected chi connectivity index (χ3v) is 6.82. The summed E-state index contributed by atoms with van der Waals surface area (Å²) in [5.74, 6) is -1.69. The fraction of sp³-hybridized carbons (Fsp3) is 0.0938. The van der Waals surface area contributed by atoms with Gasteiger partial charge in [0.15, 0.2) is 5.78 Å². The molecular formula is C32H24F2INO4. The molecule has 0 saturated carbocycles. The Kier molecular flexibility index (Phi) is 9.91. The van der Waals surface area contributed by atoms with Crippen molar-refractivity contribution in [3.63, 3.8) is 0 Å². The molecule has 0 bridgehead atoms. The van der Waals surface area contributed by atoms with Gasteiger partial charge < -0.3 is 9.47 Å². The number of benzene rings is 4. The van der Waals surface area contributed by atoms with E-state index < -0.39 is 17.6 Å². The molecule has 0 aliphatic heterocycles. The Morgan fingerprint density at radius 1 is 0.850 bits per heavy atom. The van der Waals surface area contributed by atoms with Crippen molar-refractivity contribution in [3.8, 4) is 5.75 Å². The van der Waals surface area contributed by atoms with E-state index in [4.69, 9.17) is 9.47 Å². The summed E-state index contributed by atoms with van der Waals surface area (Å²) in [6.45, 7) is -0.0310. The number of halogens is 3. The number of methoxy groups -OCH3 is 1. The highest BCUT2D eigenvalue weighted by Gasteiger charge is 2.17. The molecule has 0 aliphatic carbocycles. The number of nitrogens with zero attached hydrogens (tertiary/aromatic N) is 1. The summed E-state index contributed by atoms with van der Waals surface area (Å²) in [5.41, 5.74) is 2.42. The normalized spacial score (nSPS) is 11.7. The summed E-state index contributed by atoms with van der Waals surface area (Å²) in [7, 11) is 1.27. The second-order valence-corrected chi connectivity index (χ2v) is 9.74. The molecule has 0 saturated heterocycles. The summed E-state index contributed by atoms with van der Waals surface area (Å²) >= 11 is 2.12. The molecule has 0 aromatic heterocycles. The van der Waals surface area contributed by atoms with E-state index in [2.05, 4.69) is 27.6 Å². The lowest BCUT2D eigenvalue weighted by Gasteiger charge is -2.12. The molecule has 0 unspecified atom stereocenters. The number of carbonyl (C=O) groups is 2. The zero-order chi connectivity index (χ0) is 28.5. The number of hydrogen-bond donors (Lipinski definition) is 0. The molecule has 0 radical (unpaired) electrons. The average Bonchev–Trinajstić information content (AvgIpc) is 2.97. The maximum absolute atomic E-state index is 13.6. The SMILES string of the molecule is COC(=O)C(C/C=C(\I)c1ccccc1OCc1cc(F)cc(F)c1)=Nc1ccccc1C(=O)c1ccccc1. The summed E-state index contributed by atoms with van der Waals surface area (Å²) in [4.78, 5) is 30.3. The first-order chi connectivity index (χ1) is 19.4. The Morgan fingerprint density at radius 2 is 1.48 bits per heavy atom. The molecule has 202 valence electrons. The molecule has 0 heterocycles. The van der Waals surface area contributed by atoms with Crippen LogP contribution in [0.2, 0.25) is 0 Å². The van der Waals surface area contributed by atoms with Gasteiger partial charge in [-0.2, -0.15) is 0 Å². The topological polar surface area (TPSA) is 65.0 Å². The first kappa shape index (κ1) is 28.8. The number of ether oxygens (including phenoxy) is 2. The van der Waals surface area contributed by atoms with Crippen LogP contribution >= 0.6 is 22.6 Å². The summed E-state index contributed by atoms with van der Waals surface area (Å²) in [6.07, 6.45) is 1.91. The van der Waals surface area contributed by atoms with Gasteiger partial charge in [-0.05, 0) is 58.5 Å².